The topological polar surface area (TPSA) is 18.5 Å². The third-order valence-electron chi connectivity index (χ3n) is 3.38. The molecule has 0 saturated carbocycles. The van der Waals surface area contributed by atoms with E-state index in [1.54, 1.807) is 12.1 Å². The average Bonchev–Trinajstić information content (AvgIpc) is 2.36. The van der Waals surface area contributed by atoms with Crippen molar-refractivity contribution in [2.24, 2.45) is 0 Å². The van der Waals surface area contributed by atoms with Gasteiger partial charge in [-0.25, -0.2) is 4.39 Å². The number of hydrogen-bond acceptors (Lipinski definition) is 2. The molecule has 0 unspecified atom stereocenters. The van der Waals surface area contributed by atoms with E-state index in [9.17, 15) is 4.39 Å². The largest absolute Gasteiger partial charge is 0.489 e. The normalized spacial score (nSPS) is 14.9. The van der Waals surface area contributed by atoms with Crippen molar-refractivity contribution >= 4 is 15.9 Å². The Balaban J connectivity index is 1.68. The van der Waals surface area contributed by atoms with Gasteiger partial charge in [0, 0.05) is 16.0 Å². The van der Waals surface area contributed by atoms with E-state index in [0.29, 0.717) is 24.7 Å². The minimum absolute atomic E-state index is 0.218. The van der Waals surface area contributed by atoms with E-state index < -0.39 is 0 Å². The van der Waals surface area contributed by atoms with Gasteiger partial charge in [-0.05, 0) is 29.8 Å². The molecular formula is C16H14BrFO2. The summed E-state index contributed by atoms with van der Waals surface area (Å²) in [4.78, 5) is 0. The first-order valence-electron chi connectivity index (χ1n) is 6.47. The number of rotatable bonds is 4. The van der Waals surface area contributed by atoms with E-state index in [-0.39, 0.29) is 12.4 Å². The summed E-state index contributed by atoms with van der Waals surface area (Å²) < 4.78 is 25.7. The summed E-state index contributed by atoms with van der Waals surface area (Å²) >= 11 is 3.38. The van der Waals surface area contributed by atoms with Crippen molar-refractivity contribution in [2.75, 3.05) is 13.2 Å². The first-order valence-corrected chi connectivity index (χ1v) is 7.26. The maximum Gasteiger partial charge on any atom is 0.130 e. The monoisotopic (exact) mass is 336 g/mol. The molecular weight excluding hydrogens is 323 g/mol. The molecule has 104 valence electrons. The molecule has 20 heavy (non-hydrogen) atoms. The SMILES string of the molecule is Fc1cc(C2COC2)ccc1COc1cccc(Br)c1. The predicted molar refractivity (Wildman–Crippen MR) is 78.4 cm³/mol. The number of ether oxygens (including phenoxy) is 2. The van der Waals surface area contributed by atoms with Gasteiger partial charge in [-0.2, -0.15) is 0 Å². The fourth-order valence-corrected chi connectivity index (χ4v) is 2.46. The standard InChI is InChI=1S/C16H14BrFO2/c17-14-2-1-3-15(7-14)20-10-12-5-4-11(6-16(12)18)13-8-19-9-13/h1-7,13H,8-10H2. The molecule has 2 aromatic carbocycles. The van der Waals surface area contributed by atoms with Crippen molar-refractivity contribution in [3.8, 4) is 5.75 Å². The molecule has 0 aliphatic carbocycles. The lowest BCUT2D eigenvalue weighted by molar-refractivity contribution is 0.00830. The summed E-state index contributed by atoms with van der Waals surface area (Å²) in [6.07, 6.45) is 0. The van der Waals surface area contributed by atoms with Crippen LogP contribution in [0.15, 0.2) is 46.9 Å². The van der Waals surface area contributed by atoms with Gasteiger partial charge in [-0.3, -0.25) is 0 Å². The van der Waals surface area contributed by atoms with Gasteiger partial charge in [0.05, 0.1) is 13.2 Å². The molecule has 3 rings (SSSR count). The van der Waals surface area contributed by atoms with Crippen molar-refractivity contribution in [2.45, 2.75) is 12.5 Å². The summed E-state index contributed by atoms with van der Waals surface area (Å²) in [5, 5.41) is 0. The van der Waals surface area contributed by atoms with Gasteiger partial charge in [0.15, 0.2) is 0 Å². The number of halogens is 2. The maximum atomic E-state index is 14.0. The van der Waals surface area contributed by atoms with Crippen LogP contribution in [0.2, 0.25) is 0 Å². The summed E-state index contributed by atoms with van der Waals surface area (Å²) in [6.45, 7) is 1.60. The second kappa shape index (κ2) is 5.94. The summed E-state index contributed by atoms with van der Waals surface area (Å²) in [6, 6.07) is 12.8. The van der Waals surface area contributed by atoms with Crippen LogP contribution in [-0.2, 0) is 11.3 Å². The molecule has 0 amide bonds. The zero-order valence-electron chi connectivity index (χ0n) is 10.8. The Morgan fingerprint density at radius 3 is 2.70 bits per heavy atom. The Bertz CT molecular complexity index is 611. The molecule has 0 radical (unpaired) electrons. The molecule has 1 heterocycles. The lowest BCUT2D eigenvalue weighted by atomic mass is 9.96. The Morgan fingerprint density at radius 1 is 1.20 bits per heavy atom. The highest BCUT2D eigenvalue weighted by Gasteiger charge is 2.21. The van der Waals surface area contributed by atoms with Gasteiger partial charge >= 0.3 is 0 Å². The molecule has 1 aliphatic rings. The minimum atomic E-state index is -0.218. The first-order chi connectivity index (χ1) is 9.72. The van der Waals surface area contributed by atoms with E-state index in [1.165, 1.54) is 0 Å². The van der Waals surface area contributed by atoms with Crippen LogP contribution in [-0.4, -0.2) is 13.2 Å². The van der Waals surface area contributed by atoms with Crippen LogP contribution in [0.1, 0.15) is 17.0 Å². The fraction of sp³-hybridized carbons (Fsp3) is 0.250. The van der Waals surface area contributed by atoms with Gasteiger partial charge in [0.25, 0.3) is 0 Å². The van der Waals surface area contributed by atoms with Crippen molar-refractivity contribution in [1.29, 1.82) is 0 Å². The van der Waals surface area contributed by atoms with Gasteiger partial charge in [0.1, 0.15) is 18.2 Å². The van der Waals surface area contributed by atoms with Crippen LogP contribution in [0, 0.1) is 5.82 Å². The fourth-order valence-electron chi connectivity index (χ4n) is 2.08. The van der Waals surface area contributed by atoms with Gasteiger partial charge in [-0.1, -0.05) is 34.1 Å². The molecule has 1 aliphatic heterocycles. The van der Waals surface area contributed by atoms with Crippen LogP contribution in [0.5, 0.6) is 5.75 Å². The van der Waals surface area contributed by atoms with E-state index >= 15 is 0 Å². The van der Waals surface area contributed by atoms with Gasteiger partial charge in [0.2, 0.25) is 0 Å². The van der Waals surface area contributed by atoms with E-state index in [2.05, 4.69) is 15.9 Å². The van der Waals surface area contributed by atoms with Crippen molar-refractivity contribution in [3.05, 3.63) is 63.9 Å². The summed E-state index contributed by atoms with van der Waals surface area (Å²) in [7, 11) is 0. The third kappa shape index (κ3) is 3.02. The molecule has 2 aromatic rings. The Labute approximate surface area is 125 Å². The smallest absolute Gasteiger partial charge is 0.130 e. The van der Waals surface area contributed by atoms with Crippen LogP contribution in [0.25, 0.3) is 0 Å². The molecule has 1 saturated heterocycles. The second-order valence-electron chi connectivity index (χ2n) is 4.83. The van der Waals surface area contributed by atoms with E-state index in [0.717, 1.165) is 15.8 Å². The lowest BCUT2D eigenvalue weighted by Gasteiger charge is -2.26. The van der Waals surface area contributed by atoms with E-state index in [4.69, 9.17) is 9.47 Å². The number of hydrogen-bond donors (Lipinski definition) is 0. The molecule has 4 heteroatoms. The lowest BCUT2D eigenvalue weighted by Crippen LogP contribution is -2.25. The zero-order valence-corrected chi connectivity index (χ0v) is 12.4. The molecule has 0 atom stereocenters. The average molecular weight is 337 g/mol. The summed E-state index contributed by atoms with van der Waals surface area (Å²) in [5.74, 6) is 0.837. The minimum Gasteiger partial charge on any atom is -0.489 e. The van der Waals surface area contributed by atoms with Gasteiger partial charge in [-0.15, -0.1) is 0 Å². The van der Waals surface area contributed by atoms with Crippen LogP contribution < -0.4 is 4.74 Å². The van der Waals surface area contributed by atoms with Crippen molar-refractivity contribution in [3.63, 3.8) is 0 Å². The van der Waals surface area contributed by atoms with Crippen LogP contribution >= 0.6 is 15.9 Å². The molecule has 0 bridgehead atoms. The highest BCUT2D eigenvalue weighted by Crippen LogP contribution is 2.26. The predicted octanol–water partition coefficient (Wildman–Crippen LogP) is 4.28. The Kier molecular flexibility index (Phi) is 4.03. The second-order valence-corrected chi connectivity index (χ2v) is 5.75. The Hall–Kier alpha value is -1.39. The number of benzene rings is 2. The molecule has 0 aromatic heterocycles. The molecule has 2 nitrogen and oxygen atoms in total. The van der Waals surface area contributed by atoms with Crippen LogP contribution in [0.3, 0.4) is 0 Å². The van der Waals surface area contributed by atoms with Crippen molar-refractivity contribution < 1.29 is 13.9 Å². The maximum absolute atomic E-state index is 14.0. The summed E-state index contributed by atoms with van der Waals surface area (Å²) in [5.41, 5.74) is 1.56. The highest BCUT2D eigenvalue weighted by molar-refractivity contribution is 9.10. The quantitative estimate of drug-likeness (QED) is 0.829. The Morgan fingerprint density at radius 2 is 2.05 bits per heavy atom. The molecule has 1 fully saturated rings. The van der Waals surface area contributed by atoms with Gasteiger partial charge < -0.3 is 9.47 Å². The first kappa shape index (κ1) is 13.6. The third-order valence-corrected chi connectivity index (χ3v) is 3.87. The van der Waals surface area contributed by atoms with Crippen LogP contribution in [0.4, 0.5) is 4.39 Å². The molecule has 0 N–H and O–H groups in total. The highest BCUT2D eigenvalue weighted by atomic mass is 79.9. The zero-order chi connectivity index (χ0) is 13.9. The van der Waals surface area contributed by atoms with Crippen molar-refractivity contribution in [1.82, 2.24) is 0 Å². The molecule has 0 spiro atoms. The van der Waals surface area contributed by atoms with E-state index in [1.807, 2.05) is 30.3 Å².